The summed E-state index contributed by atoms with van der Waals surface area (Å²) < 4.78 is 5.64. The van der Waals surface area contributed by atoms with Gasteiger partial charge in [0.25, 0.3) is 0 Å². The van der Waals surface area contributed by atoms with E-state index in [4.69, 9.17) is 4.74 Å². The summed E-state index contributed by atoms with van der Waals surface area (Å²) in [4.78, 5) is 4.42. The van der Waals surface area contributed by atoms with E-state index in [0.717, 1.165) is 17.9 Å². The van der Waals surface area contributed by atoms with Gasteiger partial charge in [0, 0.05) is 12.6 Å². The average molecular weight is 213 g/mol. The van der Waals surface area contributed by atoms with Gasteiger partial charge in [-0.3, -0.25) is 4.99 Å². The molecule has 1 heterocycles. The SMILES string of the molecule is Cc1ccc2c(c1)N=CC/C=C\C=C/CO2. The van der Waals surface area contributed by atoms with Crippen LogP contribution in [-0.4, -0.2) is 12.8 Å². The summed E-state index contributed by atoms with van der Waals surface area (Å²) in [5.74, 6) is 0.841. The minimum atomic E-state index is 0.579. The van der Waals surface area contributed by atoms with Gasteiger partial charge >= 0.3 is 0 Å². The molecule has 2 heteroatoms. The quantitative estimate of drug-likeness (QED) is 0.645. The summed E-state index contributed by atoms with van der Waals surface area (Å²) in [5, 5.41) is 0. The number of aryl methyl sites for hydroxylation is 1. The van der Waals surface area contributed by atoms with Gasteiger partial charge in [0.1, 0.15) is 18.0 Å². The van der Waals surface area contributed by atoms with Crippen molar-refractivity contribution in [3.8, 4) is 5.75 Å². The van der Waals surface area contributed by atoms with Crippen molar-refractivity contribution >= 4 is 11.9 Å². The van der Waals surface area contributed by atoms with Crippen molar-refractivity contribution in [1.29, 1.82) is 0 Å². The Morgan fingerprint density at radius 1 is 1.19 bits per heavy atom. The summed E-state index contributed by atoms with van der Waals surface area (Å²) in [6.07, 6.45) is 10.8. The number of fused-ring (bicyclic) bond motifs is 1. The molecule has 0 saturated carbocycles. The molecule has 82 valence electrons. The molecule has 2 nitrogen and oxygen atoms in total. The first kappa shape index (κ1) is 10.7. The van der Waals surface area contributed by atoms with Crippen LogP contribution in [-0.2, 0) is 0 Å². The molecule has 0 unspecified atom stereocenters. The van der Waals surface area contributed by atoms with Crippen LogP contribution >= 0.6 is 0 Å². The van der Waals surface area contributed by atoms with Crippen LogP contribution < -0.4 is 4.74 Å². The zero-order chi connectivity index (χ0) is 11.2. The van der Waals surface area contributed by atoms with Crippen LogP contribution in [0.3, 0.4) is 0 Å². The predicted octanol–water partition coefficient (Wildman–Crippen LogP) is 3.59. The zero-order valence-electron chi connectivity index (χ0n) is 9.39. The zero-order valence-corrected chi connectivity index (χ0v) is 9.39. The third kappa shape index (κ3) is 2.83. The van der Waals surface area contributed by atoms with Gasteiger partial charge in [-0.05, 0) is 30.7 Å². The summed E-state index contributed by atoms with van der Waals surface area (Å²) in [6, 6.07) is 6.05. The van der Waals surface area contributed by atoms with E-state index < -0.39 is 0 Å². The van der Waals surface area contributed by atoms with Crippen LogP contribution in [0.4, 0.5) is 5.69 Å². The second-order valence-corrected chi connectivity index (χ2v) is 3.69. The minimum absolute atomic E-state index is 0.579. The van der Waals surface area contributed by atoms with Crippen molar-refractivity contribution in [3.05, 3.63) is 48.1 Å². The number of nitrogens with zero attached hydrogens (tertiary/aromatic N) is 1. The Bertz CT molecular complexity index is 444. The van der Waals surface area contributed by atoms with Crippen LogP contribution in [0.15, 0.2) is 47.5 Å². The Hall–Kier alpha value is -1.83. The molecule has 0 fully saturated rings. The van der Waals surface area contributed by atoms with Crippen molar-refractivity contribution in [2.75, 3.05) is 6.61 Å². The van der Waals surface area contributed by atoms with Gasteiger partial charge in [0.05, 0.1) is 0 Å². The second kappa shape index (κ2) is 5.31. The fourth-order valence-electron chi connectivity index (χ4n) is 1.49. The first-order chi connectivity index (χ1) is 7.86. The molecule has 0 spiro atoms. The maximum Gasteiger partial charge on any atom is 0.145 e. The maximum atomic E-state index is 5.64. The maximum absolute atomic E-state index is 5.64. The Morgan fingerprint density at radius 3 is 3.00 bits per heavy atom. The molecule has 0 bridgehead atoms. The molecule has 0 saturated heterocycles. The summed E-state index contributed by atoms with van der Waals surface area (Å²) in [5.41, 5.74) is 2.10. The normalized spacial score (nSPS) is 19.1. The Morgan fingerprint density at radius 2 is 2.06 bits per heavy atom. The van der Waals surface area contributed by atoms with Gasteiger partial charge in [-0.1, -0.05) is 24.3 Å². The average Bonchev–Trinajstić information content (AvgIpc) is 2.33. The van der Waals surface area contributed by atoms with Gasteiger partial charge in [0.15, 0.2) is 0 Å². The number of benzene rings is 1. The summed E-state index contributed by atoms with van der Waals surface area (Å²) in [7, 11) is 0. The molecule has 2 rings (SSSR count). The van der Waals surface area contributed by atoms with E-state index in [0.29, 0.717) is 6.61 Å². The molecule has 0 aromatic heterocycles. The van der Waals surface area contributed by atoms with Crippen LogP contribution in [0, 0.1) is 6.92 Å². The van der Waals surface area contributed by atoms with Crippen LogP contribution in [0.25, 0.3) is 0 Å². The first-order valence-electron chi connectivity index (χ1n) is 5.44. The highest BCUT2D eigenvalue weighted by atomic mass is 16.5. The highest BCUT2D eigenvalue weighted by Gasteiger charge is 2.01. The van der Waals surface area contributed by atoms with Gasteiger partial charge in [-0.15, -0.1) is 0 Å². The molecule has 0 amide bonds. The standard InChI is InChI=1S/C14H15NO/c1-12-7-8-14-13(11-12)15-9-5-3-2-4-6-10-16-14/h2-4,6-9,11H,5,10H2,1H3/b3-2-,6-4-,15-9?. The number of allylic oxidation sites excluding steroid dienone is 3. The Labute approximate surface area is 96.0 Å². The van der Waals surface area contributed by atoms with E-state index in [-0.39, 0.29) is 0 Å². The number of ether oxygens (including phenoxy) is 1. The highest BCUT2D eigenvalue weighted by Crippen LogP contribution is 2.28. The van der Waals surface area contributed by atoms with Crippen molar-refractivity contribution in [2.24, 2.45) is 4.99 Å². The first-order valence-corrected chi connectivity index (χ1v) is 5.44. The molecule has 1 aliphatic rings. The molecule has 0 aliphatic carbocycles. The van der Waals surface area contributed by atoms with Crippen molar-refractivity contribution in [2.45, 2.75) is 13.3 Å². The van der Waals surface area contributed by atoms with Gasteiger partial charge < -0.3 is 4.74 Å². The molecule has 0 N–H and O–H groups in total. The summed E-state index contributed by atoms with van der Waals surface area (Å²) in [6.45, 7) is 2.64. The third-order valence-electron chi connectivity index (χ3n) is 2.30. The van der Waals surface area contributed by atoms with Crippen LogP contribution in [0.2, 0.25) is 0 Å². The smallest absolute Gasteiger partial charge is 0.145 e. The molecule has 1 aromatic carbocycles. The summed E-state index contributed by atoms with van der Waals surface area (Å²) >= 11 is 0. The number of rotatable bonds is 0. The lowest BCUT2D eigenvalue weighted by molar-refractivity contribution is 0.364. The van der Waals surface area contributed by atoms with Crippen molar-refractivity contribution < 1.29 is 4.74 Å². The molecular formula is C14H15NO. The molecule has 0 radical (unpaired) electrons. The fourth-order valence-corrected chi connectivity index (χ4v) is 1.49. The predicted molar refractivity (Wildman–Crippen MR) is 67.7 cm³/mol. The topological polar surface area (TPSA) is 21.6 Å². The lowest BCUT2D eigenvalue weighted by atomic mass is 10.2. The number of hydrogen-bond acceptors (Lipinski definition) is 2. The van der Waals surface area contributed by atoms with E-state index in [1.54, 1.807) is 0 Å². The molecule has 1 aliphatic heterocycles. The van der Waals surface area contributed by atoms with Crippen molar-refractivity contribution in [3.63, 3.8) is 0 Å². The largest absolute Gasteiger partial charge is 0.487 e. The molecule has 16 heavy (non-hydrogen) atoms. The van der Waals surface area contributed by atoms with Gasteiger partial charge in [-0.25, -0.2) is 0 Å². The lowest BCUT2D eigenvalue weighted by Crippen LogP contribution is -1.93. The number of aliphatic imine (C=N–C) groups is 1. The van der Waals surface area contributed by atoms with E-state index in [1.165, 1.54) is 5.56 Å². The fraction of sp³-hybridized carbons (Fsp3) is 0.214. The van der Waals surface area contributed by atoms with E-state index in [9.17, 15) is 0 Å². The lowest BCUT2D eigenvalue weighted by Gasteiger charge is -2.07. The highest BCUT2D eigenvalue weighted by molar-refractivity contribution is 5.68. The van der Waals surface area contributed by atoms with E-state index in [2.05, 4.69) is 18.0 Å². The molecule has 0 atom stereocenters. The molecule has 1 aromatic rings. The van der Waals surface area contributed by atoms with Crippen molar-refractivity contribution in [1.82, 2.24) is 0 Å². The Balaban J connectivity index is 2.31. The van der Waals surface area contributed by atoms with Crippen LogP contribution in [0.5, 0.6) is 5.75 Å². The van der Waals surface area contributed by atoms with Crippen LogP contribution in [0.1, 0.15) is 12.0 Å². The van der Waals surface area contributed by atoms with E-state index in [1.807, 2.05) is 42.6 Å². The van der Waals surface area contributed by atoms with Gasteiger partial charge in [0.2, 0.25) is 0 Å². The Kier molecular flexibility index (Phi) is 3.54. The van der Waals surface area contributed by atoms with Gasteiger partial charge in [-0.2, -0.15) is 0 Å². The number of hydrogen-bond donors (Lipinski definition) is 0. The second-order valence-electron chi connectivity index (χ2n) is 3.69. The molecular weight excluding hydrogens is 198 g/mol. The third-order valence-corrected chi connectivity index (χ3v) is 2.30. The minimum Gasteiger partial charge on any atom is -0.487 e. The monoisotopic (exact) mass is 213 g/mol. The van der Waals surface area contributed by atoms with E-state index >= 15 is 0 Å².